The number of benzene rings is 2. The van der Waals surface area contributed by atoms with Crippen molar-refractivity contribution in [1.29, 1.82) is 0 Å². The molecule has 0 amide bonds. The molecule has 0 radical (unpaired) electrons. The van der Waals surface area contributed by atoms with Crippen LogP contribution in [0.1, 0.15) is 63.4 Å². The van der Waals surface area contributed by atoms with Crippen LogP contribution in [0.4, 0.5) is 0 Å². The molecule has 0 N–H and O–H groups in total. The van der Waals surface area contributed by atoms with Gasteiger partial charge < -0.3 is 9.32 Å². The second-order valence-corrected chi connectivity index (χ2v) is 8.53. The number of hydrogen-bond acceptors (Lipinski definition) is 4. The van der Waals surface area contributed by atoms with Crippen molar-refractivity contribution in [1.82, 2.24) is 15.1 Å². The highest BCUT2D eigenvalue weighted by Gasteiger charge is 2.39. The van der Waals surface area contributed by atoms with Crippen LogP contribution in [0.15, 0.2) is 65.1 Å². The molecule has 0 bridgehead atoms. The van der Waals surface area contributed by atoms with E-state index in [-0.39, 0.29) is 10.8 Å². The van der Waals surface area contributed by atoms with Crippen LogP contribution in [-0.4, -0.2) is 34.7 Å². The molecule has 0 spiro atoms. The summed E-state index contributed by atoms with van der Waals surface area (Å²) in [6, 6.07) is 21.5. The molecular weight excluding hydrogens is 370 g/mol. The Labute approximate surface area is 181 Å². The van der Waals surface area contributed by atoms with Crippen molar-refractivity contribution in [2.45, 2.75) is 58.3 Å². The molecule has 30 heavy (non-hydrogen) atoms. The molecule has 160 valence electrons. The molecule has 0 aliphatic carbocycles. The van der Waals surface area contributed by atoms with E-state index in [2.05, 4.69) is 89.6 Å². The molecule has 2 aromatic carbocycles. The van der Waals surface area contributed by atoms with Crippen molar-refractivity contribution < 1.29 is 4.42 Å². The maximum Gasteiger partial charge on any atom is 0.228 e. The third kappa shape index (κ3) is 4.65. The molecule has 1 atom stereocenters. The fourth-order valence-corrected chi connectivity index (χ4v) is 4.39. The Kier molecular flexibility index (Phi) is 7.09. The van der Waals surface area contributed by atoms with Crippen LogP contribution in [0.5, 0.6) is 0 Å². The summed E-state index contributed by atoms with van der Waals surface area (Å²) in [5.41, 5.74) is 2.60. The van der Waals surface area contributed by atoms with Crippen molar-refractivity contribution >= 4 is 0 Å². The summed E-state index contributed by atoms with van der Waals surface area (Å²) in [7, 11) is 0. The predicted molar refractivity (Wildman–Crippen MR) is 123 cm³/mol. The molecule has 4 nitrogen and oxygen atoms in total. The predicted octanol–water partition coefficient (Wildman–Crippen LogP) is 5.76. The van der Waals surface area contributed by atoms with Gasteiger partial charge in [0.2, 0.25) is 11.8 Å². The minimum atomic E-state index is -0.316. The third-order valence-electron chi connectivity index (χ3n) is 6.38. The topological polar surface area (TPSA) is 42.2 Å². The number of aryl methyl sites for hydroxylation is 1. The van der Waals surface area contributed by atoms with Crippen LogP contribution in [0.25, 0.3) is 0 Å². The highest BCUT2D eigenvalue weighted by atomic mass is 16.4. The van der Waals surface area contributed by atoms with Crippen LogP contribution in [-0.2, 0) is 10.8 Å². The van der Waals surface area contributed by atoms with Gasteiger partial charge in [-0.1, -0.05) is 81.4 Å². The smallest absolute Gasteiger partial charge is 0.228 e. The Morgan fingerprint density at radius 2 is 1.50 bits per heavy atom. The van der Waals surface area contributed by atoms with E-state index in [9.17, 15) is 0 Å². The van der Waals surface area contributed by atoms with Gasteiger partial charge in [0.1, 0.15) is 0 Å². The first-order valence-corrected chi connectivity index (χ1v) is 11.1. The highest BCUT2D eigenvalue weighted by molar-refractivity contribution is 5.32. The molecule has 1 fully saturated rings. The molecule has 0 saturated carbocycles. The van der Waals surface area contributed by atoms with Gasteiger partial charge in [-0.25, -0.2) is 0 Å². The number of rotatable bonds is 5. The zero-order valence-corrected chi connectivity index (χ0v) is 19.1. The fraction of sp³-hybridized carbons (Fsp3) is 0.462. The Bertz CT molecular complexity index is 898. The Morgan fingerprint density at radius 3 is 2.03 bits per heavy atom. The molecule has 1 saturated heterocycles. The summed E-state index contributed by atoms with van der Waals surface area (Å²) in [6.45, 7) is 13.5. The quantitative estimate of drug-likeness (QED) is 0.541. The van der Waals surface area contributed by atoms with E-state index >= 15 is 0 Å². The maximum atomic E-state index is 5.91. The van der Waals surface area contributed by atoms with Crippen molar-refractivity contribution in [3.05, 3.63) is 83.6 Å². The van der Waals surface area contributed by atoms with E-state index in [1.54, 1.807) is 0 Å². The lowest BCUT2D eigenvalue weighted by atomic mass is 9.73. The number of likely N-dealkylation sites (tertiary alicyclic amines) is 1. The standard InChI is InChI=1S/C24H29N3O.C2H6/c1-19-25-26-22(28-19)24(3,21-12-8-5-9-13-21)18-27-16-14-23(2,15-17-27)20-10-6-4-7-11-20;1-2/h4-13H,14-18H2,1-3H3;1-2H3. The molecule has 1 unspecified atom stereocenters. The summed E-state index contributed by atoms with van der Waals surface area (Å²) in [5, 5.41) is 8.49. The highest BCUT2D eigenvalue weighted by Crippen LogP contribution is 2.38. The van der Waals surface area contributed by atoms with Gasteiger partial charge in [0.15, 0.2) is 0 Å². The minimum Gasteiger partial charge on any atom is -0.425 e. The fourth-order valence-electron chi connectivity index (χ4n) is 4.39. The van der Waals surface area contributed by atoms with Gasteiger partial charge in [-0.05, 0) is 49.4 Å². The van der Waals surface area contributed by atoms with Gasteiger partial charge in [-0.3, -0.25) is 0 Å². The van der Waals surface area contributed by atoms with Gasteiger partial charge in [0.05, 0.1) is 5.41 Å². The molecule has 1 aromatic heterocycles. The van der Waals surface area contributed by atoms with Crippen molar-refractivity contribution in [3.8, 4) is 0 Å². The third-order valence-corrected chi connectivity index (χ3v) is 6.38. The lowest BCUT2D eigenvalue weighted by molar-refractivity contribution is 0.140. The average Bonchev–Trinajstić information content (AvgIpc) is 3.25. The number of piperidine rings is 1. The number of aromatic nitrogens is 2. The van der Waals surface area contributed by atoms with Crippen LogP contribution in [0, 0.1) is 6.92 Å². The Morgan fingerprint density at radius 1 is 0.933 bits per heavy atom. The van der Waals surface area contributed by atoms with Gasteiger partial charge in [0, 0.05) is 13.5 Å². The van der Waals surface area contributed by atoms with Crippen molar-refractivity contribution in [3.63, 3.8) is 0 Å². The lowest BCUT2D eigenvalue weighted by Crippen LogP contribution is -2.47. The van der Waals surface area contributed by atoms with Gasteiger partial charge in [0.25, 0.3) is 0 Å². The van der Waals surface area contributed by atoms with Crippen LogP contribution in [0.3, 0.4) is 0 Å². The molecule has 2 heterocycles. The summed E-state index contributed by atoms with van der Waals surface area (Å²) in [5.74, 6) is 1.32. The van der Waals surface area contributed by atoms with E-state index < -0.39 is 0 Å². The van der Waals surface area contributed by atoms with Gasteiger partial charge >= 0.3 is 0 Å². The van der Waals surface area contributed by atoms with Crippen LogP contribution < -0.4 is 0 Å². The average molecular weight is 406 g/mol. The second-order valence-electron chi connectivity index (χ2n) is 8.53. The van der Waals surface area contributed by atoms with Crippen molar-refractivity contribution in [2.75, 3.05) is 19.6 Å². The minimum absolute atomic E-state index is 0.252. The molecule has 4 heteroatoms. The largest absolute Gasteiger partial charge is 0.425 e. The summed E-state index contributed by atoms with van der Waals surface area (Å²) < 4.78 is 5.91. The lowest BCUT2D eigenvalue weighted by Gasteiger charge is -2.42. The molecule has 3 aromatic rings. The second kappa shape index (κ2) is 9.57. The van der Waals surface area contributed by atoms with E-state index in [1.165, 1.54) is 11.1 Å². The SMILES string of the molecule is CC.Cc1nnc(C(C)(CN2CCC(C)(c3ccccc3)CC2)c2ccccc2)o1. The maximum absolute atomic E-state index is 5.91. The monoisotopic (exact) mass is 405 g/mol. The van der Waals surface area contributed by atoms with Crippen LogP contribution in [0.2, 0.25) is 0 Å². The summed E-state index contributed by atoms with van der Waals surface area (Å²) in [4.78, 5) is 2.55. The zero-order valence-electron chi connectivity index (χ0n) is 19.1. The van der Waals surface area contributed by atoms with Gasteiger partial charge in [-0.2, -0.15) is 0 Å². The Balaban J connectivity index is 0.00000124. The van der Waals surface area contributed by atoms with E-state index in [0.29, 0.717) is 11.8 Å². The van der Waals surface area contributed by atoms with E-state index in [0.717, 1.165) is 32.5 Å². The first kappa shape index (κ1) is 22.2. The summed E-state index contributed by atoms with van der Waals surface area (Å²) >= 11 is 0. The Hall–Kier alpha value is -2.46. The van der Waals surface area contributed by atoms with Crippen molar-refractivity contribution in [2.24, 2.45) is 0 Å². The first-order valence-electron chi connectivity index (χ1n) is 11.1. The van der Waals surface area contributed by atoms with Crippen LogP contribution >= 0.6 is 0 Å². The van der Waals surface area contributed by atoms with Gasteiger partial charge in [-0.15, -0.1) is 10.2 Å². The zero-order chi connectivity index (χ0) is 21.6. The molecule has 1 aliphatic heterocycles. The van der Waals surface area contributed by atoms with E-state index in [1.807, 2.05) is 20.8 Å². The van der Waals surface area contributed by atoms with E-state index in [4.69, 9.17) is 4.42 Å². The number of nitrogens with zero attached hydrogens (tertiary/aromatic N) is 3. The molecule has 1 aliphatic rings. The molecule has 4 rings (SSSR count). The summed E-state index contributed by atoms with van der Waals surface area (Å²) in [6.07, 6.45) is 2.31. The number of hydrogen-bond donors (Lipinski definition) is 0. The first-order chi connectivity index (χ1) is 14.5. The normalized spacial score (nSPS) is 18.2. The molecular formula is C26H35N3O.